The third-order valence-corrected chi connectivity index (χ3v) is 7.40. The zero-order valence-corrected chi connectivity index (χ0v) is 11.5. The molecule has 2 nitrogen and oxygen atoms in total. The van der Waals surface area contributed by atoms with Crippen LogP contribution in [0, 0.1) is 0 Å². The van der Waals surface area contributed by atoms with E-state index in [1.54, 1.807) is 0 Å². The van der Waals surface area contributed by atoms with Crippen molar-refractivity contribution in [3.05, 3.63) is 42.0 Å². The van der Waals surface area contributed by atoms with Crippen LogP contribution in [0.3, 0.4) is 0 Å². The molecule has 0 atom stereocenters. The van der Waals surface area contributed by atoms with Gasteiger partial charge in [0.15, 0.2) is 0 Å². The molecule has 0 amide bonds. The van der Waals surface area contributed by atoms with Crippen molar-refractivity contribution in [2.24, 2.45) is 0 Å². The van der Waals surface area contributed by atoms with Gasteiger partial charge in [0.05, 0.1) is 0 Å². The molecule has 0 spiro atoms. The molecule has 0 saturated carbocycles. The molecule has 0 aromatic heterocycles. The van der Waals surface area contributed by atoms with Gasteiger partial charge in [-0.1, -0.05) is 0 Å². The third-order valence-electron chi connectivity index (χ3n) is 3.28. The first-order valence-corrected chi connectivity index (χ1v) is 9.19. The summed E-state index contributed by atoms with van der Waals surface area (Å²) < 4.78 is 0. The van der Waals surface area contributed by atoms with Crippen molar-refractivity contribution in [2.45, 2.75) is 6.16 Å². The van der Waals surface area contributed by atoms with Crippen molar-refractivity contribution >= 4 is 13.3 Å². The molecule has 96 valence electrons. The van der Waals surface area contributed by atoms with Gasteiger partial charge in [-0.2, -0.15) is 0 Å². The van der Waals surface area contributed by atoms with Gasteiger partial charge in [0.1, 0.15) is 0 Å². The first-order chi connectivity index (χ1) is 8.13. The molecule has 0 saturated heterocycles. The molecule has 0 radical (unpaired) electrons. The molecule has 3 heteroatoms. The second kappa shape index (κ2) is 6.90. The molecule has 1 aromatic carbocycles. The van der Waals surface area contributed by atoms with Crippen LogP contribution in [0.1, 0.15) is 11.1 Å². The number of hydrogen-bond acceptors (Lipinski definition) is 2. The Bertz CT molecular complexity index is 340. The Hall–Kier alpha value is -0.690. The van der Waals surface area contributed by atoms with Crippen molar-refractivity contribution in [3.63, 3.8) is 0 Å². The van der Waals surface area contributed by atoms with Gasteiger partial charge in [0.25, 0.3) is 0 Å². The average molecular weight is 254 g/mol. The minimum atomic E-state index is -1.54. The van der Waals surface area contributed by atoms with Gasteiger partial charge in [-0.05, 0) is 0 Å². The van der Waals surface area contributed by atoms with Crippen LogP contribution in [0.5, 0.6) is 0 Å². The summed E-state index contributed by atoms with van der Waals surface area (Å²) in [5.41, 5.74) is 2.42. The van der Waals surface area contributed by atoms with E-state index in [0.717, 1.165) is 24.0 Å². The fourth-order valence-corrected chi connectivity index (χ4v) is 5.01. The van der Waals surface area contributed by atoms with Crippen molar-refractivity contribution in [1.29, 1.82) is 0 Å². The van der Waals surface area contributed by atoms with Gasteiger partial charge in [0.2, 0.25) is 0 Å². The van der Waals surface area contributed by atoms with Crippen molar-refractivity contribution < 1.29 is 10.2 Å². The van der Waals surface area contributed by atoms with Gasteiger partial charge in [-0.15, -0.1) is 0 Å². The summed E-state index contributed by atoms with van der Waals surface area (Å²) in [5, 5.41) is 18.3. The molecule has 0 unspecified atom stereocenters. The standard InChI is InChI=1S/C14H23O2P/c1-3-13-4-6-14(7-5-13)12-17(2,10-8-15)11-9-16/h3-7,15-17H,1,8-12H2,2H3. The molecule has 0 heterocycles. The molecule has 17 heavy (non-hydrogen) atoms. The van der Waals surface area contributed by atoms with Crippen LogP contribution in [0.25, 0.3) is 6.08 Å². The van der Waals surface area contributed by atoms with E-state index in [0.29, 0.717) is 0 Å². The van der Waals surface area contributed by atoms with Crippen molar-refractivity contribution in [2.75, 3.05) is 32.2 Å². The minimum absolute atomic E-state index is 0.230. The van der Waals surface area contributed by atoms with Crippen LogP contribution < -0.4 is 0 Å². The summed E-state index contributed by atoms with van der Waals surface area (Å²) in [6.45, 7) is 6.45. The number of benzene rings is 1. The predicted molar refractivity (Wildman–Crippen MR) is 78.4 cm³/mol. The van der Waals surface area contributed by atoms with E-state index in [-0.39, 0.29) is 13.2 Å². The molecular formula is C14H23O2P. The molecule has 1 aromatic rings. The van der Waals surface area contributed by atoms with Crippen molar-refractivity contribution in [3.8, 4) is 0 Å². The van der Waals surface area contributed by atoms with E-state index < -0.39 is 7.26 Å². The van der Waals surface area contributed by atoms with Gasteiger partial charge in [-0.3, -0.25) is 0 Å². The van der Waals surface area contributed by atoms with E-state index >= 15 is 0 Å². The van der Waals surface area contributed by atoms with Crippen LogP contribution in [0.2, 0.25) is 0 Å². The molecule has 0 bridgehead atoms. The monoisotopic (exact) mass is 254 g/mol. The van der Waals surface area contributed by atoms with E-state index in [4.69, 9.17) is 10.2 Å². The Kier molecular flexibility index (Phi) is 5.84. The summed E-state index contributed by atoms with van der Waals surface area (Å²) in [5.74, 6) is 0. The van der Waals surface area contributed by atoms with Gasteiger partial charge < -0.3 is 0 Å². The van der Waals surface area contributed by atoms with Gasteiger partial charge >= 0.3 is 104 Å². The Morgan fingerprint density at radius 2 is 1.65 bits per heavy atom. The number of aliphatic hydroxyl groups excluding tert-OH is 2. The number of aliphatic hydroxyl groups is 2. The number of rotatable bonds is 7. The summed E-state index contributed by atoms with van der Waals surface area (Å²) in [4.78, 5) is 0. The molecule has 1 rings (SSSR count). The fourth-order valence-electron chi connectivity index (χ4n) is 2.11. The molecule has 0 aliphatic rings. The second-order valence-electron chi connectivity index (χ2n) is 4.88. The Morgan fingerprint density at radius 1 is 1.12 bits per heavy atom. The quantitative estimate of drug-likeness (QED) is 0.732. The fraction of sp³-hybridized carbons (Fsp3) is 0.429. The zero-order chi connectivity index (χ0) is 12.7. The Balaban J connectivity index is 2.74. The molecule has 0 fully saturated rings. The maximum absolute atomic E-state index is 9.13. The summed E-state index contributed by atoms with van der Waals surface area (Å²) in [7, 11) is -1.54. The van der Waals surface area contributed by atoms with Crippen LogP contribution in [0.4, 0.5) is 0 Å². The SMILES string of the molecule is C=Cc1ccc(C[PH](C)(CCO)CCO)cc1. The van der Waals surface area contributed by atoms with E-state index in [1.165, 1.54) is 5.56 Å². The van der Waals surface area contributed by atoms with Crippen LogP contribution in [0.15, 0.2) is 30.8 Å². The second-order valence-corrected chi connectivity index (χ2v) is 9.86. The summed E-state index contributed by atoms with van der Waals surface area (Å²) in [6.07, 6.45) is 4.57. The van der Waals surface area contributed by atoms with Crippen LogP contribution >= 0.6 is 7.26 Å². The summed E-state index contributed by atoms with van der Waals surface area (Å²) in [6, 6.07) is 8.37. The molecule has 0 aliphatic heterocycles. The average Bonchev–Trinajstić information content (AvgIpc) is 2.30. The van der Waals surface area contributed by atoms with Gasteiger partial charge in [0, 0.05) is 0 Å². The van der Waals surface area contributed by atoms with E-state index in [2.05, 4.69) is 37.5 Å². The van der Waals surface area contributed by atoms with E-state index in [1.807, 2.05) is 6.08 Å². The Morgan fingerprint density at radius 3 is 2.06 bits per heavy atom. The molecule has 2 N–H and O–H groups in total. The molecular weight excluding hydrogens is 231 g/mol. The zero-order valence-electron chi connectivity index (χ0n) is 10.5. The first kappa shape index (κ1) is 14.4. The number of hydrogen-bond donors (Lipinski definition) is 2. The summed E-state index contributed by atoms with van der Waals surface area (Å²) >= 11 is 0. The van der Waals surface area contributed by atoms with Crippen LogP contribution in [-0.4, -0.2) is 42.4 Å². The van der Waals surface area contributed by atoms with E-state index in [9.17, 15) is 0 Å². The molecule has 0 aliphatic carbocycles. The van der Waals surface area contributed by atoms with Crippen molar-refractivity contribution in [1.82, 2.24) is 0 Å². The first-order valence-electron chi connectivity index (χ1n) is 6.06. The predicted octanol–water partition coefficient (Wildman–Crippen LogP) is 2.19. The maximum atomic E-state index is 9.13. The van der Waals surface area contributed by atoms with Gasteiger partial charge in [-0.25, -0.2) is 0 Å². The van der Waals surface area contributed by atoms with Crippen LogP contribution in [-0.2, 0) is 6.16 Å². The topological polar surface area (TPSA) is 40.5 Å². The normalized spacial score (nSPS) is 12.4. The third kappa shape index (κ3) is 4.59. The Labute approximate surface area is 104 Å².